The van der Waals surface area contributed by atoms with E-state index in [1.807, 2.05) is 0 Å². The molecule has 6 nitrogen and oxygen atoms in total. The van der Waals surface area contributed by atoms with E-state index in [4.69, 9.17) is 11.6 Å². The zero-order valence-electron chi connectivity index (χ0n) is 15.7. The van der Waals surface area contributed by atoms with Crippen molar-refractivity contribution in [3.8, 4) is 0 Å². The number of piperidine rings is 1. The summed E-state index contributed by atoms with van der Waals surface area (Å²) in [6, 6.07) is 5.66. The van der Waals surface area contributed by atoms with Gasteiger partial charge < -0.3 is 10.4 Å². The summed E-state index contributed by atoms with van der Waals surface area (Å²) in [6.45, 7) is 0.968. The van der Waals surface area contributed by atoms with Crippen molar-refractivity contribution in [2.75, 3.05) is 18.4 Å². The monoisotopic (exact) mass is 462 g/mol. The van der Waals surface area contributed by atoms with Gasteiger partial charge in [-0.25, -0.2) is 21.6 Å². The molecule has 0 aromatic heterocycles. The molecular formula is C19H18ClF3N2O4S. The number of sulfonamides is 1. The Bertz CT molecular complexity index is 1070. The minimum absolute atomic E-state index is 0.0451. The van der Waals surface area contributed by atoms with Crippen molar-refractivity contribution in [1.82, 2.24) is 4.31 Å². The number of benzene rings is 2. The molecule has 0 spiro atoms. The van der Waals surface area contributed by atoms with Crippen molar-refractivity contribution in [3.63, 3.8) is 0 Å². The molecule has 0 bridgehead atoms. The highest BCUT2D eigenvalue weighted by atomic mass is 35.5. The standard InChI is InChI=1S/C19H18ClF3N2O4S/c1-10-2-3-11(19(27)24-12-7-13(20)18(23)14(21)8-12)6-17(10)30(28,29)25-5-4-16(26)15(22)9-25/h2-3,6-8,15-16,26H,4-5,9H2,1H3,(H,24,27). The predicted molar refractivity (Wildman–Crippen MR) is 105 cm³/mol. The molecule has 0 aliphatic carbocycles. The second kappa shape index (κ2) is 8.54. The normalized spacial score (nSPS) is 20.2. The molecule has 2 aromatic carbocycles. The van der Waals surface area contributed by atoms with Gasteiger partial charge in [0.15, 0.2) is 11.6 Å². The Morgan fingerprint density at radius 2 is 1.97 bits per heavy atom. The van der Waals surface area contributed by atoms with Gasteiger partial charge in [0.25, 0.3) is 5.91 Å². The summed E-state index contributed by atoms with van der Waals surface area (Å²) in [7, 11) is -4.13. The summed E-state index contributed by atoms with van der Waals surface area (Å²) in [4.78, 5) is 12.3. The fourth-order valence-corrected chi connectivity index (χ4v) is 4.99. The van der Waals surface area contributed by atoms with Crippen LogP contribution in [0.2, 0.25) is 5.02 Å². The second-order valence-electron chi connectivity index (χ2n) is 6.92. The highest BCUT2D eigenvalue weighted by molar-refractivity contribution is 7.89. The van der Waals surface area contributed by atoms with E-state index in [1.54, 1.807) is 0 Å². The molecule has 0 radical (unpaired) electrons. The Labute approximate surface area is 176 Å². The highest BCUT2D eigenvalue weighted by Gasteiger charge is 2.35. The second-order valence-corrected chi connectivity index (χ2v) is 9.24. The molecule has 2 atom stereocenters. The van der Waals surface area contributed by atoms with E-state index in [0.717, 1.165) is 22.5 Å². The molecule has 0 saturated carbocycles. The Morgan fingerprint density at radius 1 is 1.27 bits per heavy atom. The summed E-state index contributed by atoms with van der Waals surface area (Å²) >= 11 is 5.56. The first kappa shape index (κ1) is 22.5. The number of alkyl halides is 1. The van der Waals surface area contributed by atoms with E-state index >= 15 is 0 Å². The molecule has 11 heteroatoms. The molecule has 2 aromatic rings. The number of nitrogens with one attached hydrogen (secondary N) is 1. The lowest BCUT2D eigenvalue weighted by Gasteiger charge is -2.31. The van der Waals surface area contributed by atoms with Gasteiger partial charge in [0, 0.05) is 30.4 Å². The third-order valence-corrected chi connectivity index (χ3v) is 7.06. The number of nitrogens with zero attached hydrogens (tertiary/aromatic N) is 1. The number of aryl methyl sites for hydroxylation is 1. The minimum Gasteiger partial charge on any atom is -0.390 e. The van der Waals surface area contributed by atoms with Crippen LogP contribution in [0.3, 0.4) is 0 Å². The number of hydrogen-bond acceptors (Lipinski definition) is 4. The van der Waals surface area contributed by atoms with Gasteiger partial charge in [-0.3, -0.25) is 4.79 Å². The van der Waals surface area contributed by atoms with E-state index in [-0.39, 0.29) is 29.1 Å². The van der Waals surface area contributed by atoms with Crippen molar-refractivity contribution < 1.29 is 31.5 Å². The van der Waals surface area contributed by atoms with Gasteiger partial charge in [-0.05, 0) is 37.1 Å². The van der Waals surface area contributed by atoms with Gasteiger partial charge in [0.05, 0.1) is 16.0 Å². The number of aliphatic hydroxyl groups is 1. The van der Waals surface area contributed by atoms with Gasteiger partial charge in [0.1, 0.15) is 6.17 Å². The van der Waals surface area contributed by atoms with Crippen LogP contribution in [0.5, 0.6) is 0 Å². The fourth-order valence-electron chi connectivity index (χ4n) is 3.07. The van der Waals surface area contributed by atoms with Crippen molar-refractivity contribution in [2.45, 2.75) is 30.5 Å². The van der Waals surface area contributed by atoms with Crippen LogP contribution >= 0.6 is 11.6 Å². The molecule has 1 fully saturated rings. The molecule has 1 aliphatic rings. The predicted octanol–water partition coefficient (Wildman–Crippen LogP) is 3.27. The summed E-state index contributed by atoms with van der Waals surface area (Å²) in [5.41, 5.74) is 0.164. The zero-order valence-corrected chi connectivity index (χ0v) is 17.3. The van der Waals surface area contributed by atoms with Crippen LogP contribution in [-0.2, 0) is 10.0 Å². The molecular weight excluding hydrogens is 445 g/mol. The van der Waals surface area contributed by atoms with Crippen LogP contribution in [0.15, 0.2) is 35.2 Å². The van der Waals surface area contributed by atoms with Crippen molar-refractivity contribution in [1.29, 1.82) is 0 Å². The molecule has 2 unspecified atom stereocenters. The molecule has 1 heterocycles. The number of aliphatic hydroxyl groups excluding tert-OH is 1. The van der Waals surface area contributed by atoms with E-state index in [9.17, 15) is 31.5 Å². The lowest BCUT2D eigenvalue weighted by atomic mass is 10.1. The summed E-state index contributed by atoms with van der Waals surface area (Å²) in [5.74, 6) is -3.28. The third kappa shape index (κ3) is 4.46. The van der Waals surface area contributed by atoms with Crippen molar-refractivity contribution in [2.24, 2.45) is 0 Å². The van der Waals surface area contributed by atoms with Gasteiger partial charge in [-0.1, -0.05) is 17.7 Å². The topological polar surface area (TPSA) is 86.7 Å². The van der Waals surface area contributed by atoms with Crippen molar-refractivity contribution >= 4 is 33.2 Å². The molecule has 1 saturated heterocycles. The number of hydrogen-bond donors (Lipinski definition) is 2. The van der Waals surface area contributed by atoms with Crippen LogP contribution in [0.25, 0.3) is 0 Å². The van der Waals surface area contributed by atoms with Crippen LogP contribution in [-0.4, -0.2) is 49.1 Å². The Morgan fingerprint density at radius 3 is 2.60 bits per heavy atom. The van der Waals surface area contributed by atoms with E-state index in [1.165, 1.54) is 19.1 Å². The Hall–Kier alpha value is -2.14. The summed E-state index contributed by atoms with van der Waals surface area (Å²) < 4.78 is 67.4. The molecule has 162 valence electrons. The maximum atomic E-state index is 13.8. The highest BCUT2D eigenvalue weighted by Crippen LogP contribution is 2.27. The smallest absolute Gasteiger partial charge is 0.255 e. The average molecular weight is 463 g/mol. The van der Waals surface area contributed by atoms with E-state index in [2.05, 4.69) is 5.32 Å². The van der Waals surface area contributed by atoms with Gasteiger partial charge in [-0.2, -0.15) is 4.31 Å². The molecule has 2 N–H and O–H groups in total. The molecule has 30 heavy (non-hydrogen) atoms. The number of carbonyl (C=O) groups is 1. The summed E-state index contributed by atoms with van der Waals surface area (Å²) in [6.07, 6.45) is -2.98. The first-order valence-electron chi connectivity index (χ1n) is 8.89. The number of amides is 1. The van der Waals surface area contributed by atoms with Crippen LogP contribution in [0.4, 0.5) is 18.9 Å². The maximum absolute atomic E-state index is 13.8. The number of carbonyl (C=O) groups excluding carboxylic acids is 1. The third-order valence-electron chi connectivity index (χ3n) is 4.78. The van der Waals surface area contributed by atoms with Crippen LogP contribution in [0.1, 0.15) is 22.3 Å². The first-order valence-corrected chi connectivity index (χ1v) is 10.7. The Kier molecular flexibility index (Phi) is 6.42. The van der Waals surface area contributed by atoms with E-state index in [0.29, 0.717) is 5.56 Å². The number of anilines is 1. The van der Waals surface area contributed by atoms with Gasteiger partial charge in [0.2, 0.25) is 10.0 Å². The molecule has 1 amide bonds. The zero-order chi connectivity index (χ0) is 22.2. The number of halogens is 4. The lowest BCUT2D eigenvalue weighted by molar-refractivity contribution is 0.0303. The average Bonchev–Trinajstić information content (AvgIpc) is 2.68. The largest absolute Gasteiger partial charge is 0.390 e. The van der Waals surface area contributed by atoms with Crippen LogP contribution < -0.4 is 5.32 Å². The van der Waals surface area contributed by atoms with Gasteiger partial charge >= 0.3 is 0 Å². The quantitative estimate of drug-likeness (QED) is 0.683. The fraction of sp³-hybridized carbons (Fsp3) is 0.316. The number of rotatable bonds is 4. The lowest BCUT2D eigenvalue weighted by Crippen LogP contribution is -2.47. The van der Waals surface area contributed by atoms with Gasteiger partial charge in [-0.15, -0.1) is 0 Å². The Balaban J connectivity index is 1.88. The maximum Gasteiger partial charge on any atom is 0.255 e. The SMILES string of the molecule is Cc1ccc(C(=O)Nc2cc(F)c(F)c(Cl)c2)cc1S(=O)(=O)N1CCC(O)C(F)C1. The van der Waals surface area contributed by atoms with E-state index < -0.39 is 51.4 Å². The molecule has 3 rings (SSSR count). The van der Waals surface area contributed by atoms with Crippen LogP contribution in [0, 0.1) is 18.6 Å². The first-order chi connectivity index (χ1) is 14.0. The van der Waals surface area contributed by atoms with Crippen molar-refractivity contribution in [3.05, 3.63) is 58.1 Å². The minimum atomic E-state index is -4.13. The molecule has 1 aliphatic heterocycles. The summed E-state index contributed by atoms with van der Waals surface area (Å²) in [5, 5.41) is 11.3.